The predicted octanol–water partition coefficient (Wildman–Crippen LogP) is 2.95. The highest BCUT2D eigenvalue weighted by Gasteiger charge is 2.48. The van der Waals surface area contributed by atoms with Crippen molar-refractivity contribution >= 4 is 11.8 Å². The van der Waals surface area contributed by atoms with Gasteiger partial charge in [-0.1, -0.05) is 6.07 Å². The smallest absolute Gasteiger partial charge is 0.283 e. The van der Waals surface area contributed by atoms with Crippen LogP contribution in [0, 0.1) is 11.8 Å². The van der Waals surface area contributed by atoms with E-state index in [2.05, 4.69) is 15.0 Å². The largest absolute Gasteiger partial charge is 0.462 e. The van der Waals surface area contributed by atoms with Gasteiger partial charge in [-0.05, 0) is 29.8 Å². The van der Waals surface area contributed by atoms with Crippen molar-refractivity contribution in [3.05, 3.63) is 65.6 Å². The van der Waals surface area contributed by atoms with Gasteiger partial charge < -0.3 is 24.8 Å². The highest BCUT2D eigenvalue weighted by atomic mass is 19.1. The summed E-state index contributed by atoms with van der Waals surface area (Å²) in [6.07, 6.45) is 2.71. The Balaban J connectivity index is 1.53. The second kappa shape index (κ2) is 7.38. The van der Waals surface area contributed by atoms with Crippen LogP contribution in [0.1, 0.15) is 11.1 Å². The monoisotopic (exact) mass is 451 g/mol. The van der Waals surface area contributed by atoms with E-state index in [1.165, 1.54) is 6.07 Å². The molecule has 1 aromatic carbocycles. The topological polar surface area (TPSA) is 95.1 Å². The van der Waals surface area contributed by atoms with Gasteiger partial charge in [-0.3, -0.25) is 4.98 Å². The van der Waals surface area contributed by atoms with Crippen molar-refractivity contribution in [2.75, 3.05) is 37.8 Å². The number of aromatic nitrogens is 2. The number of ether oxygens (including phenoxy) is 3. The Morgan fingerprint density at radius 1 is 1.00 bits per heavy atom. The molecular formula is C23H19F2N5O3. The molecule has 3 aliphatic rings. The summed E-state index contributed by atoms with van der Waals surface area (Å²) in [6.45, 7) is 2.32. The molecule has 1 atom stereocenters. The van der Waals surface area contributed by atoms with Gasteiger partial charge in [-0.15, -0.1) is 0 Å². The fraction of sp³-hybridized carbons (Fsp3) is 0.261. The van der Waals surface area contributed by atoms with E-state index in [-0.39, 0.29) is 18.4 Å². The summed E-state index contributed by atoms with van der Waals surface area (Å²) in [6, 6.07) is 8.43. The maximum Gasteiger partial charge on any atom is 0.283 e. The van der Waals surface area contributed by atoms with Gasteiger partial charge in [0.2, 0.25) is 0 Å². The van der Waals surface area contributed by atoms with Crippen LogP contribution in [0.25, 0.3) is 11.1 Å². The Morgan fingerprint density at radius 3 is 2.61 bits per heavy atom. The zero-order chi connectivity index (χ0) is 22.6. The van der Waals surface area contributed by atoms with E-state index in [1.54, 1.807) is 24.4 Å². The van der Waals surface area contributed by atoms with Crippen LogP contribution in [0.15, 0.2) is 47.7 Å². The molecule has 0 radical (unpaired) electrons. The Bertz CT molecular complexity index is 1300. The number of rotatable bonds is 2. The molecule has 10 heteroatoms. The number of amidine groups is 1. The van der Waals surface area contributed by atoms with E-state index in [0.717, 1.165) is 6.20 Å². The summed E-state index contributed by atoms with van der Waals surface area (Å²) in [5.74, 6) is -0.333. The van der Waals surface area contributed by atoms with Crippen molar-refractivity contribution in [2.45, 2.75) is 5.54 Å². The Hall–Kier alpha value is -3.79. The summed E-state index contributed by atoms with van der Waals surface area (Å²) < 4.78 is 46.0. The molecule has 0 amide bonds. The van der Waals surface area contributed by atoms with Crippen LogP contribution in [-0.4, -0.2) is 48.9 Å². The van der Waals surface area contributed by atoms with Crippen LogP contribution in [-0.2, 0) is 15.0 Å². The van der Waals surface area contributed by atoms with E-state index in [9.17, 15) is 4.39 Å². The molecule has 1 saturated heterocycles. The molecule has 1 fully saturated rings. The number of hydrogen-bond acceptors (Lipinski definition) is 8. The zero-order valence-electron chi connectivity index (χ0n) is 17.4. The predicted molar refractivity (Wildman–Crippen MR) is 115 cm³/mol. The highest BCUT2D eigenvalue weighted by Crippen LogP contribution is 2.52. The summed E-state index contributed by atoms with van der Waals surface area (Å²) in [5, 5.41) is 0. The minimum Gasteiger partial charge on any atom is -0.462 e. The molecule has 168 valence electrons. The van der Waals surface area contributed by atoms with E-state index in [0.29, 0.717) is 60.1 Å². The van der Waals surface area contributed by atoms with Gasteiger partial charge in [0, 0.05) is 36.0 Å². The minimum atomic E-state index is -1.13. The fourth-order valence-corrected chi connectivity index (χ4v) is 4.50. The van der Waals surface area contributed by atoms with E-state index >= 15 is 4.39 Å². The first kappa shape index (κ1) is 19.9. The molecule has 2 N–H and O–H groups in total. The van der Waals surface area contributed by atoms with E-state index in [4.69, 9.17) is 19.9 Å². The molecule has 33 heavy (non-hydrogen) atoms. The number of benzene rings is 1. The standard InChI is InChI=1S/C23H19F2N5O3/c24-15-7-14(10-27-11-15)13-1-2-18-16(8-13)23(12-32-22(26)29-23)17-9-19(28-21(25)20(17)33-18)30-3-5-31-6-4-30/h1-2,7-11H,3-6,12H2,(H2,26,29). The Kier molecular flexibility index (Phi) is 4.44. The minimum absolute atomic E-state index is 0.00299. The molecule has 8 nitrogen and oxygen atoms in total. The van der Waals surface area contributed by atoms with Crippen molar-refractivity contribution in [2.24, 2.45) is 10.7 Å². The molecule has 2 aromatic heterocycles. The van der Waals surface area contributed by atoms with Crippen LogP contribution >= 0.6 is 0 Å². The number of halogens is 2. The lowest BCUT2D eigenvalue weighted by molar-refractivity contribution is 0.122. The lowest BCUT2D eigenvalue weighted by Crippen LogP contribution is -2.38. The molecule has 1 unspecified atom stereocenters. The molecule has 0 aliphatic carbocycles. The summed E-state index contributed by atoms with van der Waals surface area (Å²) in [7, 11) is 0. The number of nitrogens with zero attached hydrogens (tertiary/aromatic N) is 4. The van der Waals surface area contributed by atoms with Crippen LogP contribution in [0.5, 0.6) is 11.5 Å². The van der Waals surface area contributed by atoms with Crippen molar-refractivity contribution in [1.29, 1.82) is 0 Å². The first-order valence-electron chi connectivity index (χ1n) is 10.5. The Labute approximate surface area is 187 Å². The van der Waals surface area contributed by atoms with Crippen LogP contribution in [0.3, 0.4) is 0 Å². The second-order valence-corrected chi connectivity index (χ2v) is 8.05. The van der Waals surface area contributed by atoms with E-state index < -0.39 is 17.3 Å². The molecule has 3 aromatic rings. The molecule has 5 heterocycles. The van der Waals surface area contributed by atoms with Gasteiger partial charge >= 0.3 is 0 Å². The quantitative estimate of drug-likeness (QED) is 0.599. The van der Waals surface area contributed by atoms with Gasteiger partial charge in [-0.2, -0.15) is 9.37 Å². The number of hydrogen-bond donors (Lipinski definition) is 1. The molecule has 0 saturated carbocycles. The van der Waals surface area contributed by atoms with Crippen LogP contribution < -0.4 is 15.4 Å². The maximum atomic E-state index is 15.2. The first-order chi connectivity index (χ1) is 16.0. The van der Waals surface area contributed by atoms with Crippen molar-refractivity contribution in [3.63, 3.8) is 0 Å². The van der Waals surface area contributed by atoms with Gasteiger partial charge in [0.1, 0.15) is 24.0 Å². The van der Waals surface area contributed by atoms with Crippen molar-refractivity contribution < 1.29 is 23.0 Å². The van der Waals surface area contributed by atoms with Gasteiger partial charge in [0.05, 0.1) is 19.4 Å². The van der Waals surface area contributed by atoms with E-state index in [1.807, 2.05) is 11.0 Å². The van der Waals surface area contributed by atoms with Crippen LogP contribution in [0.4, 0.5) is 14.6 Å². The lowest BCUT2D eigenvalue weighted by atomic mass is 9.80. The summed E-state index contributed by atoms with van der Waals surface area (Å²) >= 11 is 0. The average Bonchev–Trinajstić information content (AvgIpc) is 3.22. The normalized spacial score (nSPS) is 21.2. The number of aliphatic imine (C=N–C) groups is 1. The highest BCUT2D eigenvalue weighted by molar-refractivity contribution is 5.78. The zero-order valence-corrected chi connectivity index (χ0v) is 17.4. The van der Waals surface area contributed by atoms with Crippen molar-refractivity contribution in [3.8, 4) is 22.6 Å². The number of morpholine rings is 1. The third-order valence-electron chi connectivity index (χ3n) is 6.10. The van der Waals surface area contributed by atoms with Gasteiger partial charge in [0.25, 0.3) is 12.0 Å². The fourth-order valence-electron chi connectivity index (χ4n) is 4.50. The van der Waals surface area contributed by atoms with Crippen LogP contribution in [0.2, 0.25) is 0 Å². The third-order valence-corrected chi connectivity index (χ3v) is 6.10. The average molecular weight is 451 g/mol. The third kappa shape index (κ3) is 3.17. The number of anilines is 1. The lowest BCUT2D eigenvalue weighted by Gasteiger charge is -2.35. The molecule has 1 spiro atoms. The van der Waals surface area contributed by atoms with Crippen molar-refractivity contribution in [1.82, 2.24) is 9.97 Å². The SMILES string of the molecule is NC1=NC2(CO1)c1cc(-c3cncc(F)c3)ccc1Oc1c2cc(N2CCOCC2)nc1F. The summed E-state index contributed by atoms with van der Waals surface area (Å²) in [4.78, 5) is 14.6. The number of nitrogens with two attached hydrogens (primary N) is 1. The second-order valence-electron chi connectivity index (χ2n) is 8.05. The molecule has 0 bridgehead atoms. The summed E-state index contributed by atoms with van der Waals surface area (Å²) in [5.41, 5.74) is 7.20. The number of pyridine rings is 2. The van der Waals surface area contributed by atoms with Gasteiger partial charge in [-0.25, -0.2) is 9.38 Å². The first-order valence-corrected chi connectivity index (χ1v) is 10.5. The number of fused-ring (bicyclic) bond motifs is 4. The maximum absolute atomic E-state index is 15.2. The molecule has 6 rings (SSSR count). The van der Waals surface area contributed by atoms with Gasteiger partial charge in [0.15, 0.2) is 11.3 Å². The molecular weight excluding hydrogens is 432 g/mol. The molecule has 3 aliphatic heterocycles. The Morgan fingerprint density at radius 2 is 1.85 bits per heavy atom.